The number of halogens is 1. The van der Waals surface area contributed by atoms with Gasteiger partial charge in [-0.3, -0.25) is 0 Å². The molecule has 2 heteroatoms. The minimum atomic E-state index is 0.204. The van der Waals surface area contributed by atoms with E-state index in [1.54, 1.807) is 11.1 Å². The molecule has 0 N–H and O–H groups in total. The molecule has 0 radical (unpaired) electrons. The third-order valence-electron chi connectivity index (χ3n) is 10.3. The Morgan fingerprint density at radius 1 is 0.639 bits per heavy atom. The molecule has 0 saturated heterocycles. The Labute approximate surface area is 216 Å². The molecule has 1 spiro atoms. The lowest BCUT2D eigenvalue weighted by molar-refractivity contribution is -0.0399. The fourth-order valence-corrected chi connectivity index (χ4v) is 9.49. The molecule has 4 bridgehead atoms. The van der Waals surface area contributed by atoms with Crippen molar-refractivity contribution in [1.82, 2.24) is 0 Å². The van der Waals surface area contributed by atoms with E-state index >= 15 is 0 Å². The van der Waals surface area contributed by atoms with Crippen molar-refractivity contribution in [2.24, 2.45) is 23.7 Å². The lowest BCUT2D eigenvalue weighted by Gasteiger charge is -2.61. The van der Waals surface area contributed by atoms with Crippen molar-refractivity contribution in [2.45, 2.75) is 37.5 Å². The molecule has 176 valence electrons. The second-order valence-electron chi connectivity index (χ2n) is 11.9. The smallest absolute Gasteiger partial charge is 0.153 e. The quantitative estimate of drug-likeness (QED) is 0.230. The predicted molar refractivity (Wildman–Crippen MR) is 147 cm³/mol. The van der Waals surface area contributed by atoms with Gasteiger partial charge < -0.3 is 4.42 Å². The van der Waals surface area contributed by atoms with Gasteiger partial charge in [0.25, 0.3) is 0 Å². The molecule has 4 fully saturated rings. The highest BCUT2D eigenvalue weighted by atomic mass is 35.5. The van der Waals surface area contributed by atoms with E-state index in [1.165, 1.54) is 54.4 Å². The maximum atomic E-state index is 6.44. The fourth-order valence-electron chi connectivity index (χ4n) is 9.28. The van der Waals surface area contributed by atoms with Gasteiger partial charge in [0, 0.05) is 16.2 Å². The number of benzene rings is 4. The summed E-state index contributed by atoms with van der Waals surface area (Å²) in [6.07, 6.45) is 7.15. The molecule has 1 aromatic heterocycles. The van der Waals surface area contributed by atoms with Crippen LogP contribution in [0.2, 0.25) is 5.02 Å². The average molecular weight is 487 g/mol. The lowest BCUT2D eigenvalue weighted by atomic mass is 9.43. The van der Waals surface area contributed by atoms with Crippen molar-refractivity contribution >= 4 is 33.5 Å². The van der Waals surface area contributed by atoms with Gasteiger partial charge in [0.15, 0.2) is 5.58 Å². The normalized spacial score (nSPS) is 29.4. The standard InChI is InChI=1S/C34H27ClO/c35-31-7-3-5-27-28-17-21(9-11-32(28)36-33(27)31)22-8-10-26-25-4-1-2-6-29(25)34(30(26)18-22)23-13-19-12-20(15-23)16-24(34)14-19/h1-11,17-20,23-24H,12-16H2. The van der Waals surface area contributed by atoms with Crippen LogP contribution in [0.3, 0.4) is 0 Å². The highest BCUT2D eigenvalue weighted by Gasteiger charge is 2.61. The maximum Gasteiger partial charge on any atom is 0.153 e. The molecular formula is C34H27ClO. The molecule has 4 aromatic carbocycles. The average Bonchev–Trinajstić information content (AvgIpc) is 3.41. The van der Waals surface area contributed by atoms with Crippen molar-refractivity contribution < 1.29 is 4.42 Å². The van der Waals surface area contributed by atoms with Gasteiger partial charge in [-0.2, -0.15) is 0 Å². The van der Waals surface area contributed by atoms with Crippen LogP contribution in [-0.4, -0.2) is 0 Å². The van der Waals surface area contributed by atoms with E-state index in [1.807, 2.05) is 12.1 Å². The van der Waals surface area contributed by atoms with Crippen molar-refractivity contribution in [3.8, 4) is 22.3 Å². The predicted octanol–water partition coefficient (Wildman–Crippen LogP) is 9.63. The summed E-state index contributed by atoms with van der Waals surface area (Å²) in [6, 6.07) is 29.3. The van der Waals surface area contributed by atoms with Crippen LogP contribution in [0.25, 0.3) is 44.2 Å². The van der Waals surface area contributed by atoms with E-state index in [4.69, 9.17) is 16.0 Å². The Morgan fingerprint density at radius 3 is 2.19 bits per heavy atom. The first-order chi connectivity index (χ1) is 17.7. The summed E-state index contributed by atoms with van der Waals surface area (Å²) in [5.74, 6) is 3.49. The van der Waals surface area contributed by atoms with Crippen LogP contribution < -0.4 is 0 Å². The molecule has 10 rings (SSSR count). The number of hydrogen-bond donors (Lipinski definition) is 0. The molecule has 0 amide bonds. The third-order valence-corrected chi connectivity index (χ3v) is 10.6. The molecule has 0 unspecified atom stereocenters. The van der Waals surface area contributed by atoms with E-state index in [0.29, 0.717) is 5.02 Å². The van der Waals surface area contributed by atoms with Crippen LogP contribution in [0, 0.1) is 23.7 Å². The zero-order chi connectivity index (χ0) is 23.6. The molecule has 0 aliphatic heterocycles. The van der Waals surface area contributed by atoms with Crippen LogP contribution in [0.15, 0.2) is 83.3 Å². The van der Waals surface area contributed by atoms with E-state index < -0.39 is 0 Å². The zero-order valence-electron chi connectivity index (χ0n) is 20.1. The topological polar surface area (TPSA) is 13.1 Å². The van der Waals surface area contributed by atoms with Gasteiger partial charge >= 0.3 is 0 Å². The molecule has 1 heterocycles. The molecule has 1 nitrogen and oxygen atoms in total. The van der Waals surface area contributed by atoms with Crippen molar-refractivity contribution in [2.75, 3.05) is 0 Å². The summed E-state index contributed by atoms with van der Waals surface area (Å²) in [7, 11) is 0. The minimum absolute atomic E-state index is 0.204. The highest BCUT2D eigenvalue weighted by Crippen LogP contribution is 2.69. The number of fused-ring (bicyclic) bond motifs is 6. The van der Waals surface area contributed by atoms with Gasteiger partial charge in [-0.1, -0.05) is 66.2 Å². The van der Waals surface area contributed by atoms with Gasteiger partial charge in [0.05, 0.1) is 5.02 Å². The summed E-state index contributed by atoms with van der Waals surface area (Å²) >= 11 is 6.44. The van der Waals surface area contributed by atoms with Gasteiger partial charge in [-0.15, -0.1) is 0 Å². The second kappa shape index (κ2) is 6.84. The number of para-hydroxylation sites is 1. The zero-order valence-corrected chi connectivity index (χ0v) is 20.9. The van der Waals surface area contributed by atoms with E-state index in [-0.39, 0.29) is 5.41 Å². The summed E-state index contributed by atoms with van der Waals surface area (Å²) < 4.78 is 6.11. The Kier molecular flexibility index (Phi) is 3.81. The molecular weight excluding hydrogens is 460 g/mol. The first-order valence-corrected chi connectivity index (χ1v) is 13.9. The van der Waals surface area contributed by atoms with Gasteiger partial charge in [-0.25, -0.2) is 0 Å². The Bertz CT molecular complexity index is 1690. The second-order valence-corrected chi connectivity index (χ2v) is 12.3. The molecule has 5 aromatic rings. The molecule has 5 aliphatic carbocycles. The van der Waals surface area contributed by atoms with Crippen LogP contribution in [0.4, 0.5) is 0 Å². The number of furan rings is 1. The Balaban J connectivity index is 1.26. The van der Waals surface area contributed by atoms with E-state index in [9.17, 15) is 0 Å². The largest absolute Gasteiger partial charge is 0.454 e. The molecule has 5 aliphatic rings. The van der Waals surface area contributed by atoms with E-state index in [2.05, 4.69) is 66.7 Å². The number of hydrogen-bond acceptors (Lipinski definition) is 1. The SMILES string of the molecule is Clc1cccc2c1oc1ccc(-c3ccc4c(c3)C3(c5ccccc5-4)C4CC5CC(C4)CC3C5)cc12. The molecule has 36 heavy (non-hydrogen) atoms. The van der Waals surface area contributed by atoms with Crippen LogP contribution >= 0.6 is 11.6 Å². The summed E-state index contributed by atoms with van der Waals surface area (Å²) in [6.45, 7) is 0. The van der Waals surface area contributed by atoms with Crippen molar-refractivity contribution in [1.29, 1.82) is 0 Å². The number of rotatable bonds is 1. The fraction of sp³-hybridized carbons (Fsp3) is 0.294. The maximum absolute atomic E-state index is 6.44. The summed E-state index contributed by atoms with van der Waals surface area (Å²) in [5.41, 5.74) is 10.6. The highest BCUT2D eigenvalue weighted by molar-refractivity contribution is 6.35. The van der Waals surface area contributed by atoms with Gasteiger partial charge in [0.2, 0.25) is 0 Å². The Hall–Kier alpha value is -3.03. The Morgan fingerprint density at radius 2 is 1.36 bits per heavy atom. The first kappa shape index (κ1) is 20.1. The van der Waals surface area contributed by atoms with E-state index in [0.717, 1.165) is 45.6 Å². The van der Waals surface area contributed by atoms with Crippen molar-refractivity contribution in [3.05, 3.63) is 95.0 Å². The third kappa shape index (κ3) is 2.39. The van der Waals surface area contributed by atoms with Crippen molar-refractivity contribution in [3.63, 3.8) is 0 Å². The van der Waals surface area contributed by atoms with Crippen LogP contribution in [0.5, 0.6) is 0 Å². The van der Waals surface area contributed by atoms with Crippen LogP contribution in [0.1, 0.15) is 43.2 Å². The molecule has 4 saturated carbocycles. The summed E-state index contributed by atoms with van der Waals surface area (Å²) in [4.78, 5) is 0. The summed E-state index contributed by atoms with van der Waals surface area (Å²) in [5, 5.41) is 2.90. The monoisotopic (exact) mass is 486 g/mol. The van der Waals surface area contributed by atoms with Crippen LogP contribution in [-0.2, 0) is 5.41 Å². The molecule has 0 atom stereocenters. The minimum Gasteiger partial charge on any atom is -0.454 e. The van der Waals surface area contributed by atoms with Gasteiger partial charge in [-0.05, 0) is 113 Å². The van der Waals surface area contributed by atoms with Gasteiger partial charge in [0.1, 0.15) is 5.58 Å². The lowest BCUT2D eigenvalue weighted by Crippen LogP contribution is -2.55. The first-order valence-electron chi connectivity index (χ1n) is 13.6.